The van der Waals surface area contributed by atoms with Crippen molar-refractivity contribution in [2.75, 3.05) is 13.2 Å². The van der Waals surface area contributed by atoms with Crippen LogP contribution in [0.2, 0.25) is 10.0 Å². The first-order valence-electron chi connectivity index (χ1n) is 10.6. The van der Waals surface area contributed by atoms with Gasteiger partial charge in [0.1, 0.15) is 11.5 Å². The van der Waals surface area contributed by atoms with Gasteiger partial charge in [0.15, 0.2) is 13.2 Å². The number of ether oxygens (including phenoxy) is 2. The van der Waals surface area contributed by atoms with E-state index in [4.69, 9.17) is 38.4 Å². The van der Waals surface area contributed by atoms with Gasteiger partial charge in [-0.1, -0.05) is 42.5 Å². The first kappa shape index (κ1) is 25.8. The monoisotopic (exact) mass is 480 g/mol. The average Bonchev–Trinajstić information content (AvgIpc) is 2.76. The van der Waals surface area contributed by atoms with Gasteiger partial charge in [-0.2, -0.15) is 0 Å². The molecule has 3 N–H and O–H groups in total. The summed E-state index contributed by atoms with van der Waals surface area (Å²) < 4.78 is 10.5. The number of nitrogens with one attached hydrogen (secondary N) is 1. The van der Waals surface area contributed by atoms with Crippen LogP contribution in [0, 0.1) is 13.8 Å². The van der Waals surface area contributed by atoms with Crippen LogP contribution in [-0.4, -0.2) is 31.1 Å². The van der Waals surface area contributed by atoms with E-state index in [2.05, 4.69) is 5.32 Å². The summed E-state index contributed by atoms with van der Waals surface area (Å²) in [6, 6.07) is 10.9. The molecule has 6 nitrogen and oxygen atoms in total. The molecule has 1 fully saturated rings. The molecule has 0 unspecified atom stereocenters. The Morgan fingerprint density at radius 2 is 1.41 bits per heavy atom. The number of aryl methyl sites for hydroxylation is 2. The van der Waals surface area contributed by atoms with E-state index in [1.54, 1.807) is 30.3 Å². The second-order valence-corrected chi connectivity index (χ2v) is 8.58. The Morgan fingerprint density at radius 3 is 1.88 bits per heavy atom. The van der Waals surface area contributed by atoms with E-state index in [-0.39, 0.29) is 19.1 Å². The Balaban J connectivity index is 0.000000244. The molecule has 2 amide bonds. The van der Waals surface area contributed by atoms with E-state index in [0.29, 0.717) is 27.6 Å². The normalized spacial score (nSPS) is 13.5. The SMILES string of the molecule is Cc1cc(OCC(=O)NC2CCCCC2)ccc1Cl.Cc1cc(OCC(N)=O)ccc1Cl. The van der Waals surface area contributed by atoms with Crippen molar-refractivity contribution in [3.05, 3.63) is 57.6 Å². The van der Waals surface area contributed by atoms with Crippen LogP contribution in [0.4, 0.5) is 0 Å². The third-order valence-corrected chi connectivity index (χ3v) is 5.83. The Kier molecular flexibility index (Phi) is 10.6. The maximum absolute atomic E-state index is 11.8. The van der Waals surface area contributed by atoms with Crippen LogP contribution in [0.5, 0.6) is 11.5 Å². The predicted molar refractivity (Wildman–Crippen MR) is 128 cm³/mol. The molecule has 3 rings (SSSR count). The van der Waals surface area contributed by atoms with Crippen molar-refractivity contribution in [2.45, 2.75) is 52.0 Å². The molecule has 32 heavy (non-hydrogen) atoms. The summed E-state index contributed by atoms with van der Waals surface area (Å²) in [6.07, 6.45) is 5.88. The molecular formula is C24H30Cl2N2O4. The molecule has 0 heterocycles. The Morgan fingerprint density at radius 1 is 0.906 bits per heavy atom. The third-order valence-electron chi connectivity index (χ3n) is 4.98. The Labute approximate surface area is 199 Å². The molecule has 0 aromatic heterocycles. The van der Waals surface area contributed by atoms with Gasteiger partial charge in [-0.3, -0.25) is 9.59 Å². The molecule has 1 aliphatic carbocycles. The number of hydrogen-bond acceptors (Lipinski definition) is 4. The number of hydrogen-bond donors (Lipinski definition) is 2. The van der Waals surface area contributed by atoms with Crippen LogP contribution < -0.4 is 20.5 Å². The van der Waals surface area contributed by atoms with Crippen molar-refractivity contribution in [1.29, 1.82) is 0 Å². The van der Waals surface area contributed by atoms with Crippen molar-refractivity contribution in [2.24, 2.45) is 5.73 Å². The first-order chi connectivity index (χ1) is 15.2. The number of amides is 2. The third kappa shape index (κ3) is 9.37. The number of halogens is 2. The maximum Gasteiger partial charge on any atom is 0.258 e. The molecule has 8 heteroatoms. The second kappa shape index (κ2) is 13.2. The van der Waals surface area contributed by atoms with Gasteiger partial charge < -0.3 is 20.5 Å². The van der Waals surface area contributed by atoms with Gasteiger partial charge in [0.25, 0.3) is 11.8 Å². The summed E-state index contributed by atoms with van der Waals surface area (Å²) in [5.74, 6) is 0.744. The summed E-state index contributed by atoms with van der Waals surface area (Å²) in [7, 11) is 0. The van der Waals surface area contributed by atoms with E-state index >= 15 is 0 Å². The van der Waals surface area contributed by atoms with E-state index in [9.17, 15) is 9.59 Å². The van der Waals surface area contributed by atoms with Crippen molar-refractivity contribution in [3.63, 3.8) is 0 Å². The molecular weight excluding hydrogens is 451 g/mol. The summed E-state index contributed by atoms with van der Waals surface area (Å²) in [4.78, 5) is 22.2. The summed E-state index contributed by atoms with van der Waals surface area (Å²) in [5.41, 5.74) is 6.78. The molecule has 0 atom stereocenters. The van der Waals surface area contributed by atoms with Gasteiger partial charge >= 0.3 is 0 Å². The minimum Gasteiger partial charge on any atom is -0.484 e. The van der Waals surface area contributed by atoms with Crippen molar-refractivity contribution in [3.8, 4) is 11.5 Å². The molecule has 0 saturated heterocycles. The average molecular weight is 481 g/mol. The number of nitrogens with two attached hydrogens (primary N) is 1. The fourth-order valence-electron chi connectivity index (χ4n) is 3.23. The Bertz CT molecular complexity index is 915. The largest absolute Gasteiger partial charge is 0.484 e. The number of carbonyl (C=O) groups excluding carboxylic acids is 2. The smallest absolute Gasteiger partial charge is 0.258 e. The van der Waals surface area contributed by atoms with E-state index in [0.717, 1.165) is 24.0 Å². The maximum atomic E-state index is 11.8. The van der Waals surface area contributed by atoms with Crippen LogP contribution in [-0.2, 0) is 9.59 Å². The number of carbonyl (C=O) groups is 2. The van der Waals surface area contributed by atoms with Gasteiger partial charge in [-0.15, -0.1) is 0 Å². The molecule has 0 bridgehead atoms. The quantitative estimate of drug-likeness (QED) is 0.583. The van der Waals surface area contributed by atoms with E-state index in [1.807, 2.05) is 19.9 Å². The lowest BCUT2D eigenvalue weighted by molar-refractivity contribution is -0.124. The zero-order valence-electron chi connectivity index (χ0n) is 18.5. The van der Waals surface area contributed by atoms with Crippen molar-refractivity contribution in [1.82, 2.24) is 5.32 Å². The van der Waals surface area contributed by atoms with Crippen LogP contribution in [0.1, 0.15) is 43.2 Å². The highest BCUT2D eigenvalue weighted by Crippen LogP contribution is 2.22. The van der Waals surface area contributed by atoms with E-state index in [1.165, 1.54) is 19.3 Å². The summed E-state index contributed by atoms with van der Waals surface area (Å²) in [5, 5.41) is 4.41. The Hall–Kier alpha value is -2.44. The minimum absolute atomic E-state index is 0.0421. The van der Waals surface area contributed by atoms with Gasteiger partial charge in [-0.25, -0.2) is 0 Å². The predicted octanol–water partition coefficient (Wildman–Crippen LogP) is 4.99. The molecule has 0 radical (unpaired) electrons. The lowest BCUT2D eigenvalue weighted by Gasteiger charge is -2.22. The zero-order valence-corrected chi connectivity index (χ0v) is 20.0. The minimum atomic E-state index is -0.493. The highest BCUT2D eigenvalue weighted by Gasteiger charge is 2.15. The standard InChI is InChI=1S/C15H20ClNO2.C9H10ClNO2/c1-11-9-13(7-8-14(11)16)19-10-15(18)17-12-5-3-2-4-6-12;1-6-4-7(2-3-8(6)10)13-5-9(11)12/h7-9,12H,2-6,10H2,1H3,(H,17,18);2-4H,5H2,1H3,(H2,11,12). The van der Waals surface area contributed by atoms with Crippen molar-refractivity contribution < 1.29 is 19.1 Å². The molecule has 2 aromatic carbocycles. The van der Waals surface area contributed by atoms with Crippen molar-refractivity contribution >= 4 is 35.0 Å². The molecule has 2 aromatic rings. The van der Waals surface area contributed by atoms with Crippen LogP contribution >= 0.6 is 23.2 Å². The number of rotatable bonds is 7. The molecule has 1 saturated carbocycles. The topological polar surface area (TPSA) is 90.7 Å². The highest BCUT2D eigenvalue weighted by atomic mass is 35.5. The fraction of sp³-hybridized carbons (Fsp3) is 0.417. The molecule has 1 aliphatic rings. The number of primary amides is 1. The van der Waals surface area contributed by atoms with Gasteiger partial charge in [0.05, 0.1) is 0 Å². The van der Waals surface area contributed by atoms with Crippen LogP contribution in [0.15, 0.2) is 36.4 Å². The first-order valence-corrected chi connectivity index (χ1v) is 11.4. The number of benzene rings is 2. The van der Waals surface area contributed by atoms with Crippen LogP contribution in [0.3, 0.4) is 0 Å². The lowest BCUT2D eigenvalue weighted by atomic mass is 9.95. The van der Waals surface area contributed by atoms with E-state index < -0.39 is 5.91 Å². The molecule has 0 spiro atoms. The van der Waals surface area contributed by atoms with Crippen LogP contribution in [0.25, 0.3) is 0 Å². The lowest BCUT2D eigenvalue weighted by Crippen LogP contribution is -2.38. The zero-order chi connectivity index (χ0) is 23.5. The molecule has 174 valence electrons. The summed E-state index contributed by atoms with van der Waals surface area (Å²) >= 11 is 11.7. The highest BCUT2D eigenvalue weighted by molar-refractivity contribution is 6.31. The van der Waals surface area contributed by atoms with Gasteiger partial charge in [0, 0.05) is 16.1 Å². The van der Waals surface area contributed by atoms with Gasteiger partial charge in [0.2, 0.25) is 0 Å². The fourth-order valence-corrected chi connectivity index (χ4v) is 3.47. The summed E-state index contributed by atoms with van der Waals surface area (Å²) in [6.45, 7) is 3.73. The molecule has 0 aliphatic heterocycles. The van der Waals surface area contributed by atoms with Gasteiger partial charge in [-0.05, 0) is 74.2 Å². The second-order valence-electron chi connectivity index (χ2n) is 7.77.